The van der Waals surface area contributed by atoms with Crippen LogP contribution in [-0.2, 0) is 79.8 Å². The topological polar surface area (TPSA) is 281 Å². The summed E-state index contributed by atoms with van der Waals surface area (Å²) in [5.41, 5.74) is 0.482. The lowest BCUT2D eigenvalue weighted by Crippen LogP contribution is -2.49. The van der Waals surface area contributed by atoms with Crippen molar-refractivity contribution in [3.05, 3.63) is 59.9 Å². The Morgan fingerprint density at radius 3 is 1.40 bits per heavy atom. The zero-order valence-electron chi connectivity index (χ0n) is 50.5. The molecule has 3 N–H and O–H groups in total. The number of ether oxygens (including phenoxy) is 3. The van der Waals surface area contributed by atoms with Gasteiger partial charge in [0.25, 0.3) is 0 Å². The molecule has 0 spiro atoms. The second-order valence-corrected chi connectivity index (χ2v) is 24.7. The molecule has 0 radical (unpaired) electrons. The van der Waals surface area contributed by atoms with Crippen molar-refractivity contribution in [2.45, 2.75) is 181 Å². The average molecular weight is 1170 g/mol. The Morgan fingerprint density at radius 2 is 1.01 bits per heavy atom. The van der Waals surface area contributed by atoms with Gasteiger partial charge in [0.2, 0.25) is 29.5 Å². The lowest BCUT2D eigenvalue weighted by molar-refractivity contribution is -0.139. The van der Waals surface area contributed by atoms with Gasteiger partial charge in [0.15, 0.2) is 23.1 Å². The number of ketones is 6. The minimum atomic E-state index is -0.912. The maximum Gasteiger partial charge on any atom is 0.238 e. The molecule has 2 aromatic rings. The number of likely N-dealkylation sites (tertiary alicyclic amines) is 2. The number of hydrogen-bond donors (Lipinski definition) is 3. The largest absolute Gasteiger partial charge is 0.379 e. The zero-order valence-corrected chi connectivity index (χ0v) is 50.5. The molecule has 84 heavy (non-hydrogen) atoms. The van der Waals surface area contributed by atoms with E-state index in [-0.39, 0.29) is 122 Å². The molecule has 1 aromatic carbocycles. The molecule has 5 amide bonds. The molecule has 21 heteroatoms. The van der Waals surface area contributed by atoms with Crippen molar-refractivity contribution < 1.29 is 67.0 Å². The van der Waals surface area contributed by atoms with E-state index in [0.717, 1.165) is 11.1 Å². The number of epoxide rings is 2. The molecule has 0 bridgehead atoms. The number of aromatic nitrogens is 1. The predicted octanol–water partition coefficient (Wildman–Crippen LogP) is 4.77. The van der Waals surface area contributed by atoms with Crippen molar-refractivity contribution in [1.82, 2.24) is 30.3 Å². The van der Waals surface area contributed by atoms with Crippen LogP contribution in [0.1, 0.15) is 144 Å². The number of benzene rings is 1. The van der Waals surface area contributed by atoms with E-state index >= 15 is 0 Å². The summed E-state index contributed by atoms with van der Waals surface area (Å²) in [4.78, 5) is 151. The number of rotatable bonds is 31. The number of nitrogens with one attached hydrogen (secondary N) is 3. The summed E-state index contributed by atoms with van der Waals surface area (Å²) in [6, 6.07) is 8.06. The Hall–Kier alpha value is -6.42. The van der Waals surface area contributed by atoms with E-state index in [0.29, 0.717) is 103 Å². The van der Waals surface area contributed by atoms with E-state index in [9.17, 15) is 52.7 Å². The Labute approximate surface area is 494 Å². The molecule has 5 fully saturated rings. The van der Waals surface area contributed by atoms with Crippen LogP contribution in [0.3, 0.4) is 0 Å². The van der Waals surface area contributed by atoms with Crippen molar-refractivity contribution in [2.75, 3.05) is 64.5 Å². The number of pyridine rings is 1. The molecule has 8 atom stereocenters. The number of Topliss-reactive ketones (excluding diaryl/α,β-unsaturated/α-hetero) is 6. The third kappa shape index (κ3) is 20.4. The van der Waals surface area contributed by atoms with Gasteiger partial charge in [-0.2, -0.15) is 0 Å². The van der Waals surface area contributed by atoms with Crippen molar-refractivity contribution in [2.24, 2.45) is 23.7 Å². The number of carbonyl (C=O) groups is 11. The van der Waals surface area contributed by atoms with Crippen LogP contribution in [0.2, 0.25) is 0 Å². The standard InChI is InChI=1S/C35H50N4O8.C28H39N3O6/c1-23(2)18-28(33(44)35(4)22-47-35)37-34(45)26(20-30(41)29-6-5-13-39(29)32(43)12-7-24(3)40)19-25-8-10-27(11-9-25)36-31(42)21-38-14-16-46-17-15-38;1-18(2)14-22(26(35)28(4)17-37-28)30-27(36)21(15-20-9-11-29-12-10-20)16-24(33)23-6-5-13-31(23)25(34)8-7-19(3)32/h8-11,23,26,28-29H,5-7,12-22H2,1-4H3,(H,36,42)(H,37,45);9-12,18,21-23H,5-8,13-17H2,1-4H3,(H,30,36)/t26-,28+,29+,35-;21-,22+,23+,28-/m11/s1. The van der Waals surface area contributed by atoms with Crippen LogP contribution in [0.25, 0.3) is 0 Å². The van der Waals surface area contributed by atoms with Crippen LogP contribution in [0.5, 0.6) is 0 Å². The minimum Gasteiger partial charge on any atom is -0.379 e. The SMILES string of the molecule is CC(=O)CCC(=O)N1CCC[C@H]1C(=O)C[C@@H](Cc1ccc(NC(=O)CN2CCOCC2)cc1)C(=O)N[C@@H](CC(C)C)C(=O)[C@@]1(C)CO1.CC(=O)CCC(=O)N1CCC[C@H]1C(=O)C[C@@H](Cc1ccncc1)C(=O)N[C@@H](CC(C)C)C(=O)[C@@]1(C)CO1. The summed E-state index contributed by atoms with van der Waals surface area (Å²) < 4.78 is 16.1. The fourth-order valence-corrected chi connectivity index (χ4v) is 11.1. The summed E-state index contributed by atoms with van der Waals surface area (Å²) in [5.74, 6) is -3.41. The van der Waals surface area contributed by atoms with Gasteiger partial charge >= 0.3 is 0 Å². The number of morpholine rings is 1. The highest BCUT2D eigenvalue weighted by Crippen LogP contribution is 2.32. The fraction of sp³-hybridized carbons (Fsp3) is 0.651. The van der Waals surface area contributed by atoms with Crippen LogP contribution >= 0.6 is 0 Å². The fourth-order valence-electron chi connectivity index (χ4n) is 11.1. The normalized spacial score (nSPS) is 22.4. The molecule has 7 rings (SSSR count). The molecular weight excluding hydrogens is 1080 g/mol. The highest BCUT2D eigenvalue weighted by atomic mass is 16.6. The van der Waals surface area contributed by atoms with Crippen LogP contribution in [0.4, 0.5) is 5.69 Å². The van der Waals surface area contributed by atoms with E-state index in [2.05, 4.69) is 20.9 Å². The Kier molecular flexibility index (Phi) is 24.7. The van der Waals surface area contributed by atoms with Gasteiger partial charge in [0.1, 0.15) is 22.8 Å². The minimum absolute atomic E-state index is 0.0499. The van der Waals surface area contributed by atoms with Gasteiger partial charge in [0.05, 0.1) is 57.1 Å². The Morgan fingerprint density at radius 1 is 0.595 bits per heavy atom. The van der Waals surface area contributed by atoms with Crippen LogP contribution in [0.15, 0.2) is 48.8 Å². The highest BCUT2D eigenvalue weighted by molar-refractivity contribution is 6.00. The van der Waals surface area contributed by atoms with E-state index in [1.165, 1.54) is 13.8 Å². The van der Waals surface area contributed by atoms with E-state index < -0.39 is 53.1 Å². The third-order valence-electron chi connectivity index (χ3n) is 16.2. The second kappa shape index (κ2) is 31.1. The summed E-state index contributed by atoms with van der Waals surface area (Å²) in [7, 11) is 0. The molecule has 6 heterocycles. The second-order valence-electron chi connectivity index (χ2n) is 24.7. The quantitative estimate of drug-likeness (QED) is 0.0857. The van der Waals surface area contributed by atoms with Crippen molar-refractivity contribution in [3.8, 4) is 0 Å². The first kappa shape index (κ1) is 66.7. The first-order chi connectivity index (χ1) is 39.8. The van der Waals surface area contributed by atoms with Gasteiger partial charge in [-0.25, -0.2) is 0 Å². The molecule has 0 saturated carbocycles. The lowest BCUT2D eigenvalue weighted by Gasteiger charge is -2.27. The van der Waals surface area contributed by atoms with Gasteiger partial charge in [-0.3, -0.25) is 53.0 Å². The lowest BCUT2D eigenvalue weighted by atomic mass is 9.88. The summed E-state index contributed by atoms with van der Waals surface area (Å²) in [6.45, 7) is 18.7. The first-order valence-corrected chi connectivity index (χ1v) is 30.0. The van der Waals surface area contributed by atoms with Crippen molar-refractivity contribution in [3.63, 3.8) is 0 Å². The Bertz CT molecular complexity index is 2670. The van der Waals surface area contributed by atoms with Crippen LogP contribution < -0.4 is 16.0 Å². The van der Waals surface area contributed by atoms with Crippen molar-refractivity contribution >= 4 is 69.9 Å². The number of nitrogens with zero attached hydrogens (tertiary/aromatic N) is 4. The van der Waals surface area contributed by atoms with Gasteiger partial charge in [0, 0.05) is 94.6 Å². The number of carbonyl (C=O) groups excluding carboxylic acids is 11. The summed E-state index contributed by atoms with van der Waals surface area (Å²) >= 11 is 0. The van der Waals surface area contributed by atoms with E-state index in [1.807, 2.05) is 44.7 Å². The van der Waals surface area contributed by atoms with Gasteiger partial charge in [-0.05, 0) is 126 Å². The van der Waals surface area contributed by atoms with Crippen LogP contribution in [0, 0.1) is 23.7 Å². The highest BCUT2D eigenvalue weighted by Gasteiger charge is 2.51. The van der Waals surface area contributed by atoms with Gasteiger partial charge < -0.3 is 49.5 Å². The van der Waals surface area contributed by atoms with E-state index in [1.54, 1.807) is 60.3 Å². The first-order valence-electron chi connectivity index (χ1n) is 30.0. The number of amides is 5. The van der Waals surface area contributed by atoms with Gasteiger partial charge in [-0.1, -0.05) is 39.8 Å². The molecule has 0 aliphatic carbocycles. The molecule has 0 unspecified atom stereocenters. The van der Waals surface area contributed by atoms with E-state index in [4.69, 9.17) is 14.2 Å². The van der Waals surface area contributed by atoms with Crippen LogP contribution in [-0.4, -0.2) is 178 Å². The summed E-state index contributed by atoms with van der Waals surface area (Å²) in [5, 5.41) is 8.78. The maximum absolute atomic E-state index is 13.9. The maximum atomic E-state index is 13.9. The average Bonchev–Trinajstić information content (AvgIpc) is 2.65. The molecular formula is C63H89N7O14. The predicted molar refractivity (Wildman–Crippen MR) is 311 cm³/mol. The molecule has 5 saturated heterocycles. The molecule has 460 valence electrons. The molecule has 5 aliphatic rings. The summed E-state index contributed by atoms with van der Waals surface area (Å²) in [6.07, 6.45) is 7.37. The molecule has 21 nitrogen and oxygen atoms in total. The smallest absolute Gasteiger partial charge is 0.238 e. The number of anilines is 1. The molecule has 1 aromatic heterocycles. The monoisotopic (exact) mass is 1170 g/mol. The zero-order chi connectivity index (χ0) is 61.3. The van der Waals surface area contributed by atoms with Gasteiger partial charge in [-0.15, -0.1) is 0 Å². The molecule has 5 aliphatic heterocycles. The third-order valence-corrected chi connectivity index (χ3v) is 16.2. The Balaban J connectivity index is 0.000000277. The van der Waals surface area contributed by atoms with Crippen molar-refractivity contribution in [1.29, 1.82) is 0 Å². The number of hydrogen-bond acceptors (Lipinski definition) is 16.